The van der Waals surface area contributed by atoms with Gasteiger partial charge in [0.15, 0.2) is 5.65 Å². The van der Waals surface area contributed by atoms with Crippen molar-refractivity contribution in [2.24, 2.45) is 17.8 Å². The Labute approximate surface area is 176 Å². The van der Waals surface area contributed by atoms with Gasteiger partial charge in [-0.2, -0.15) is 0 Å². The van der Waals surface area contributed by atoms with Crippen molar-refractivity contribution in [1.82, 2.24) is 20.3 Å². The smallest absolute Gasteiger partial charge is 0.339 e. The molecule has 3 aromatic rings. The third kappa shape index (κ3) is 2.85. The molecule has 4 aliphatic carbocycles. The summed E-state index contributed by atoms with van der Waals surface area (Å²) in [5, 5.41) is 12.7. The van der Waals surface area contributed by atoms with Crippen LogP contribution in [0.3, 0.4) is 0 Å². The molecule has 0 atom stereocenters. The second-order valence-electron chi connectivity index (χ2n) is 9.28. The lowest BCUT2D eigenvalue weighted by molar-refractivity contribution is -0.0166. The van der Waals surface area contributed by atoms with Gasteiger partial charge in [0.05, 0.1) is 21.6 Å². The van der Waals surface area contributed by atoms with Crippen molar-refractivity contribution in [3.63, 3.8) is 0 Å². The molecule has 3 heterocycles. The number of aromatic amines is 1. The van der Waals surface area contributed by atoms with Crippen LogP contribution in [0.15, 0.2) is 24.5 Å². The molecule has 0 spiro atoms. The van der Waals surface area contributed by atoms with Crippen molar-refractivity contribution < 1.29 is 14.7 Å². The Morgan fingerprint density at radius 1 is 1.13 bits per heavy atom. The molecule has 8 heteroatoms. The van der Waals surface area contributed by atoms with Crippen LogP contribution in [0.25, 0.3) is 21.7 Å². The normalized spacial score (nSPS) is 29.4. The predicted molar refractivity (Wildman–Crippen MR) is 113 cm³/mol. The minimum atomic E-state index is -1.05. The summed E-state index contributed by atoms with van der Waals surface area (Å²) < 4.78 is 0. The molecule has 1 amide bonds. The standard InChI is InChI=1S/C22H22N4O3S/c27-20(26-22-6-11-3-12(7-22)5-13(4-11)8-22)17-2-1-16(30-17)15-10-24-19-18(25-15)14(9-23-19)21(28)29/h1-2,9-13H,3-8H2,(H,23,24)(H,26,27)(H,28,29). The number of aromatic nitrogens is 3. The van der Waals surface area contributed by atoms with Gasteiger partial charge in [0.1, 0.15) is 11.1 Å². The molecule has 7 nitrogen and oxygen atoms in total. The molecule has 154 valence electrons. The second kappa shape index (κ2) is 6.38. The van der Waals surface area contributed by atoms with Gasteiger partial charge in [0.25, 0.3) is 5.91 Å². The van der Waals surface area contributed by atoms with Crippen LogP contribution >= 0.6 is 11.3 Å². The highest BCUT2D eigenvalue weighted by Gasteiger charge is 2.51. The number of thiophene rings is 1. The molecule has 4 saturated carbocycles. The minimum absolute atomic E-state index is 0.00453. The molecule has 4 bridgehead atoms. The molecule has 0 radical (unpaired) electrons. The number of carboxylic acids is 1. The van der Waals surface area contributed by atoms with E-state index in [0.717, 1.165) is 41.9 Å². The fourth-order valence-electron chi connectivity index (χ4n) is 6.34. The van der Waals surface area contributed by atoms with Crippen molar-refractivity contribution in [3.05, 3.63) is 35.0 Å². The van der Waals surface area contributed by atoms with E-state index in [4.69, 9.17) is 0 Å². The van der Waals surface area contributed by atoms with Gasteiger partial charge >= 0.3 is 5.97 Å². The summed E-state index contributed by atoms with van der Waals surface area (Å²) in [6, 6.07) is 3.69. The summed E-state index contributed by atoms with van der Waals surface area (Å²) in [6.45, 7) is 0. The van der Waals surface area contributed by atoms with Gasteiger partial charge in [0, 0.05) is 11.7 Å². The van der Waals surface area contributed by atoms with Gasteiger partial charge in [-0.1, -0.05) is 0 Å². The number of hydrogen-bond donors (Lipinski definition) is 3. The average Bonchev–Trinajstić information content (AvgIpc) is 3.33. The van der Waals surface area contributed by atoms with Gasteiger partial charge in [-0.05, 0) is 68.4 Å². The third-order valence-electron chi connectivity index (χ3n) is 7.11. The molecule has 3 N–H and O–H groups in total. The Bertz CT molecular complexity index is 1140. The summed E-state index contributed by atoms with van der Waals surface area (Å²) >= 11 is 1.38. The highest BCUT2D eigenvalue weighted by atomic mass is 32.1. The monoisotopic (exact) mass is 422 g/mol. The SMILES string of the molecule is O=C(NC12CC3CC(CC(C3)C1)C2)c1ccc(-c2cnc3[nH]cc(C(=O)O)c3n2)s1. The fraction of sp³-hybridized carbons (Fsp3) is 0.455. The van der Waals surface area contributed by atoms with Gasteiger partial charge in [-0.25, -0.2) is 14.8 Å². The first kappa shape index (κ1) is 18.1. The number of amides is 1. The molecule has 0 aromatic carbocycles. The van der Waals surface area contributed by atoms with E-state index in [1.54, 1.807) is 6.20 Å². The average molecular weight is 423 g/mol. The van der Waals surface area contributed by atoms with Gasteiger partial charge < -0.3 is 15.4 Å². The van der Waals surface area contributed by atoms with Crippen molar-refractivity contribution in [3.8, 4) is 10.6 Å². The first-order valence-electron chi connectivity index (χ1n) is 10.5. The van der Waals surface area contributed by atoms with Crippen LogP contribution in [-0.4, -0.2) is 37.5 Å². The number of carbonyl (C=O) groups excluding carboxylic acids is 1. The number of fused-ring (bicyclic) bond motifs is 1. The summed E-state index contributed by atoms with van der Waals surface area (Å²) in [7, 11) is 0. The van der Waals surface area contributed by atoms with E-state index in [1.165, 1.54) is 36.8 Å². The number of carbonyl (C=O) groups is 2. The maximum absolute atomic E-state index is 13.1. The summed E-state index contributed by atoms with van der Waals surface area (Å²) in [5.74, 6) is 1.29. The highest BCUT2D eigenvalue weighted by Crippen LogP contribution is 2.55. The second-order valence-corrected chi connectivity index (χ2v) is 10.4. The summed E-state index contributed by atoms with van der Waals surface area (Å²) in [6.07, 6.45) is 10.4. The zero-order valence-electron chi connectivity index (χ0n) is 16.4. The van der Waals surface area contributed by atoms with Crippen LogP contribution in [0, 0.1) is 17.8 Å². The number of hydrogen-bond acceptors (Lipinski definition) is 5. The Morgan fingerprint density at radius 3 is 2.50 bits per heavy atom. The quantitative estimate of drug-likeness (QED) is 0.587. The summed E-state index contributed by atoms with van der Waals surface area (Å²) in [5.41, 5.74) is 1.41. The van der Waals surface area contributed by atoms with Crippen LogP contribution < -0.4 is 5.32 Å². The molecule has 3 aromatic heterocycles. The lowest BCUT2D eigenvalue weighted by Gasteiger charge is -2.56. The maximum atomic E-state index is 13.1. The molecule has 0 unspecified atom stereocenters. The highest BCUT2D eigenvalue weighted by molar-refractivity contribution is 7.17. The molecule has 0 aliphatic heterocycles. The van der Waals surface area contributed by atoms with Gasteiger partial charge in [-0.15, -0.1) is 11.3 Å². The molecule has 0 saturated heterocycles. The van der Waals surface area contributed by atoms with E-state index in [1.807, 2.05) is 12.1 Å². The number of rotatable bonds is 4. The maximum Gasteiger partial charge on any atom is 0.339 e. The first-order valence-corrected chi connectivity index (χ1v) is 11.3. The zero-order valence-corrected chi connectivity index (χ0v) is 17.2. The molecule has 7 rings (SSSR count). The van der Waals surface area contributed by atoms with E-state index >= 15 is 0 Å². The van der Waals surface area contributed by atoms with Crippen molar-refractivity contribution in [1.29, 1.82) is 0 Å². The van der Waals surface area contributed by atoms with Crippen LogP contribution in [0.4, 0.5) is 0 Å². The van der Waals surface area contributed by atoms with Crippen molar-refractivity contribution in [2.45, 2.75) is 44.1 Å². The Balaban J connectivity index is 1.25. The van der Waals surface area contributed by atoms with E-state index in [-0.39, 0.29) is 17.0 Å². The molecular weight excluding hydrogens is 400 g/mol. The van der Waals surface area contributed by atoms with Gasteiger partial charge in [-0.3, -0.25) is 4.79 Å². The lowest BCUT2D eigenvalue weighted by atomic mass is 9.53. The van der Waals surface area contributed by atoms with Crippen LogP contribution in [-0.2, 0) is 0 Å². The zero-order chi connectivity index (χ0) is 20.5. The van der Waals surface area contributed by atoms with Crippen molar-refractivity contribution >= 4 is 34.4 Å². The van der Waals surface area contributed by atoms with E-state index < -0.39 is 5.97 Å². The molecule has 4 fully saturated rings. The van der Waals surface area contributed by atoms with Crippen LogP contribution in [0.1, 0.15) is 58.6 Å². The topological polar surface area (TPSA) is 108 Å². The van der Waals surface area contributed by atoms with Crippen molar-refractivity contribution in [2.75, 3.05) is 0 Å². The summed E-state index contributed by atoms with van der Waals surface area (Å²) in [4.78, 5) is 37.5. The largest absolute Gasteiger partial charge is 0.478 e. The van der Waals surface area contributed by atoms with Crippen LogP contribution in [0.2, 0.25) is 0 Å². The predicted octanol–water partition coefficient (Wildman–Crippen LogP) is 4.08. The van der Waals surface area contributed by atoms with E-state index in [0.29, 0.717) is 21.7 Å². The third-order valence-corrected chi connectivity index (χ3v) is 8.22. The number of nitrogens with zero attached hydrogens (tertiary/aromatic N) is 2. The minimum Gasteiger partial charge on any atom is -0.478 e. The van der Waals surface area contributed by atoms with E-state index in [9.17, 15) is 14.7 Å². The Hall–Kier alpha value is -2.74. The number of H-pyrrole nitrogens is 1. The first-order chi connectivity index (χ1) is 14.5. The Morgan fingerprint density at radius 2 is 1.83 bits per heavy atom. The van der Waals surface area contributed by atoms with Crippen LogP contribution in [0.5, 0.6) is 0 Å². The molecule has 4 aliphatic rings. The van der Waals surface area contributed by atoms with E-state index in [2.05, 4.69) is 20.3 Å². The Kier molecular flexibility index (Phi) is 3.84. The number of aromatic carboxylic acids is 1. The molecule has 30 heavy (non-hydrogen) atoms. The number of nitrogens with one attached hydrogen (secondary N) is 2. The van der Waals surface area contributed by atoms with Gasteiger partial charge in [0.2, 0.25) is 0 Å². The lowest BCUT2D eigenvalue weighted by Crippen LogP contribution is -2.59. The fourth-order valence-corrected chi connectivity index (χ4v) is 7.19. The number of carboxylic acid groups (broad SMARTS) is 1. The molecular formula is C22H22N4O3S.